The molecule has 1 amide bonds. The molecule has 2 aromatic rings. The second kappa shape index (κ2) is 9.00. The minimum atomic E-state index is -0.102. The van der Waals surface area contributed by atoms with Crippen molar-refractivity contribution in [1.29, 1.82) is 0 Å². The third-order valence-electron chi connectivity index (χ3n) is 2.95. The molecule has 2 rings (SSSR count). The standard InChI is InChI=1S/C17H19ClN2O3/c1-2-22-14-6-8-15(9-7-14)23-11-3-4-17(21)20-16-10-5-13(18)12-19-16/h5-10,12H,2-4,11H2,1H3,(H,19,20,21). The van der Waals surface area contributed by atoms with E-state index in [9.17, 15) is 4.79 Å². The van der Waals surface area contributed by atoms with E-state index in [1.165, 1.54) is 6.20 Å². The van der Waals surface area contributed by atoms with Gasteiger partial charge >= 0.3 is 0 Å². The fourth-order valence-electron chi connectivity index (χ4n) is 1.88. The summed E-state index contributed by atoms with van der Waals surface area (Å²) < 4.78 is 10.9. The molecule has 1 aromatic carbocycles. The third kappa shape index (κ3) is 6.16. The number of hydrogen-bond acceptors (Lipinski definition) is 4. The number of hydrogen-bond donors (Lipinski definition) is 1. The highest BCUT2D eigenvalue weighted by Crippen LogP contribution is 2.17. The smallest absolute Gasteiger partial charge is 0.225 e. The Labute approximate surface area is 140 Å². The van der Waals surface area contributed by atoms with E-state index in [-0.39, 0.29) is 5.91 Å². The van der Waals surface area contributed by atoms with E-state index in [0.717, 1.165) is 11.5 Å². The monoisotopic (exact) mass is 334 g/mol. The number of benzene rings is 1. The number of anilines is 1. The average molecular weight is 335 g/mol. The highest BCUT2D eigenvalue weighted by molar-refractivity contribution is 6.30. The lowest BCUT2D eigenvalue weighted by Gasteiger charge is -2.08. The summed E-state index contributed by atoms with van der Waals surface area (Å²) in [5.74, 6) is 1.96. The van der Waals surface area contributed by atoms with Crippen LogP contribution in [0.25, 0.3) is 0 Å². The molecule has 0 bridgehead atoms. The summed E-state index contributed by atoms with van der Waals surface area (Å²) >= 11 is 5.74. The highest BCUT2D eigenvalue weighted by Gasteiger charge is 2.04. The SMILES string of the molecule is CCOc1ccc(OCCCC(=O)Nc2ccc(Cl)cn2)cc1. The van der Waals surface area contributed by atoms with Crippen LogP contribution in [0.2, 0.25) is 5.02 Å². The van der Waals surface area contributed by atoms with Crippen LogP contribution in [0.1, 0.15) is 19.8 Å². The van der Waals surface area contributed by atoms with Crippen LogP contribution in [0, 0.1) is 0 Å². The first-order valence-electron chi connectivity index (χ1n) is 7.44. The lowest BCUT2D eigenvalue weighted by Crippen LogP contribution is -2.13. The van der Waals surface area contributed by atoms with E-state index in [1.807, 2.05) is 31.2 Å². The molecular weight excluding hydrogens is 316 g/mol. The lowest BCUT2D eigenvalue weighted by atomic mass is 10.3. The quantitative estimate of drug-likeness (QED) is 0.743. The molecule has 0 aliphatic rings. The number of pyridine rings is 1. The van der Waals surface area contributed by atoms with E-state index < -0.39 is 0 Å². The minimum Gasteiger partial charge on any atom is -0.494 e. The summed E-state index contributed by atoms with van der Waals surface area (Å²) in [6.45, 7) is 3.04. The van der Waals surface area contributed by atoms with Crippen LogP contribution >= 0.6 is 11.6 Å². The number of nitrogens with zero attached hydrogens (tertiary/aromatic N) is 1. The van der Waals surface area contributed by atoms with Crippen molar-refractivity contribution in [2.24, 2.45) is 0 Å². The summed E-state index contributed by atoms with van der Waals surface area (Å²) in [5.41, 5.74) is 0. The molecule has 6 heteroatoms. The zero-order valence-corrected chi connectivity index (χ0v) is 13.7. The molecule has 0 saturated carbocycles. The van der Waals surface area contributed by atoms with Gasteiger partial charge in [0.05, 0.1) is 18.2 Å². The van der Waals surface area contributed by atoms with Crippen LogP contribution < -0.4 is 14.8 Å². The Morgan fingerprint density at radius 2 is 1.83 bits per heavy atom. The Morgan fingerprint density at radius 3 is 2.43 bits per heavy atom. The van der Waals surface area contributed by atoms with Gasteiger partial charge in [0.15, 0.2) is 0 Å². The van der Waals surface area contributed by atoms with Gasteiger partial charge in [0.2, 0.25) is 5.91 Å². The van der Waals surface area contributed by atoms with E-state index in [4.69, 9.17) is 21.1 Å². The number of ether oxygens (including phenoxy) is 2. The highest BCUT2D eigenvalue weighted by atomic mass is 35.5. The van der Waals surface area contributed by atoms with Gasteiger partial charge in [-0.3, -0.25) is 4.79 Å². The number of nitrogens with one attached hydrogen (secondary N) is 1. The Morgan fingerprint density at radius 1 is 1.13 bits per heavy atom. The van der Waals surface area contributed by atoms with Gasteiger partial charge in [-0.1, -0.05) is 11.6 Å². The Balaban J connectivity index is 1.66. The molecule has 0 unspecified atom stereocenters. The van der Waals surface area contributed by atoms with Gasteiger partial charge in [-0.05, 0) is 49.7 Å². The Kier molecular flexibility index (Phi) is 6.69. The fraction of sp³-hybridized carbons (Fsp3) is 0.294. The number of aromatic nitrogens is 1. The summed E-state index contributed by atoms with van der Waals surface area (Å²) in [5, 5.41) is 3.24. The summed E-state index contributed by atoms with van der Waals surface area (Å²) in [6.07, 6.45) is 2.47. The van der Waals surface area contributed by atoms with E-state index in [0.29, 0.717) is 36.9 Å². The summed E-state index contributed by atoms with van der Waals surface area (Å²) in [7, 11) is 0. The van der Waals surface area contributed by atoms with Gasteiger partial charge in [-0.2, -0.15) is 0 Å². The fourth-order valence-corrected chi connectivity index (χ4v) is 1.99. The van der Waals surface area contributed by atoms with Crippen molar-refractivity contribution < 1.29 is 14.3 Å². The van der Waals surface area contributed by atoms with Crippen LogP contribution in [0.3, 0.4) is 0 Å². The molecule has 0 spiro atoms. The zero-order chi connectivity index (χ0) is 16.5. The summed E-state index contributed by atoms with van der Waals surface area (Å²) in [4.78, 5) is 15.8. The maximum atomic E-state index is 11.8. The molecule has 0 fully saturated rings. The van der Waals surface area contributed by atoms with Gasteiger partial charge in [-0.25, -0.2) is 4.98 Å². The third-order valence-corrected chi connectivity index (χ3v) is 3.17. The van der Waals surface area contributed by atoms with E-state index in [1.54, 1.807) is 12.1 Å². The first-order chi connectivity index (χ1) is 11.2. The molecule has 0 aliphatic carbocycles. The Bertz CT molecular complexity index is 615. The van der Waals surface area contributed by atoms with Crippen molar-refractivity contribution in [1.82, 2.24) is 4.98 Å². The molecule has 5 nitrogen and oxygen atoms in total. The van der Waals surface area contributed by atoms with Crippen LogP contribution in [-0.4, -0.2) is 24.1 Å². The number of amides is 1. The molecule has 0 atom stereocenters. The molecule has 1 N–H and O–H groups in total. The molecule has 23 heavy (non-hydrogen) atoms. The van der Waals surface area contributed by atoms with Crippen LogP contribution in [0.4, 0.5) is 5.82 Å². The lowest BCUT2D eigenvalue weighted by molar-refractivity contribution is -0.116. The molecule has 0 saturated heterocycles. The van der Waals surface area contributed by atoms with Crippen LogP contribution in [0.15, 0.2) is 42.6 Å². The molecule has 1 aromatic heterocycles. The first kappa shape index (κ1) is 17.1. The second-order valence-corrected chi connectivity index (χ2v) is 5.20. The predicted octanol–water partition coefficient (Wildman–Crippen LogP) is 3.93. The summed E-state index contributed by atoms with van der Waals surface area (Å²) in [6, 6.07) is 10.8. The van der Waals surface area contributed by atoms with Crippen molar-refractivity contribution >= 4 is 23.3 Å². The van der Waals surface area contributed by atoms with E-state index >= 15 is 0 Å². The van der Waals surface area contributed by atoms with Crippen molar-refractivity contribution in [2.75, 3.05) is 18.5 Å². The average Bonchev–Trinajstić information content (AvgIpc) is 2.55. The van der Waals surface area contributed by atoms with Crippen molar-refractivity contribution in [3.63, 3.8) is 0 Å². The number of carbonyl (C=O) groups excluding carboxylic acids is 1. The topological polar surface area (TPSA) is 60.5 Å². The number of halogens is 1. The minimum absolute atomic E-state index is 0.102. The van der Waals surface area contributed by atoms with E-state index in [2.05, 4.69) is 10.3 Å². The molecular formula is C17H19ClN2O3. The molecule has 0 radical (unpaired) electrons. The number of rotatable bonds is 8. The van der Waals surface area contributed by atoms with Gasteiger partial charge in [0.1, 0.15) is 17.3 Å². The largest absolute Gasteiger partial charge is 0.494 e. The van der Waals surface area contributed by atoms with Gasteiger partial charge in [0, 0.05) is 12.6 Å². The maximum Gasteiger partial charge on any atom is 0.225 e. The Hall–Kier alpha value is -2.27. The molecule has 122 valence electrons. The van der Waals surface area contributed by atoms with Crippen molar-refractivity contribution in [3.05, 3.63) is 47.6 Å². The predicted molar refractivity (Wildman–Crippen MR) is 90.2 cm³/mol. The normalized spacial score (nSPS) is 10.2. The molecule has 0 aliphatic heterocycles. The number of carbonyl (C=O) groups is 1. The maximum absolute atomic E-state index is 11.8. The second-order valence-electron chi connectivity index (χ2n) is 4.77. The molecule has 1 heterocycles. The van der Waals surface area contributed by atoms with Crippen LogP contribution in [-0.2, 0) is 4.79 Å². The van der Waals surface area contributed by atoms with Crippen molar-refractivity contribution in [3.8, 4) is 11.5 Å². The zero-order valence-electron chi connectivity index (χ0n) is 12.9. The van der Waals surface area contributed by atoms with Crippen LogP contribution in [0.5, 0.6) is 11.5 Å². The van der Waals surface area contributed by atoms with Crippen molar-refractivity contribution in [2.45, 2.75) is 19.8 Å². The van der Waals surface area contributed by atoms with Gasteiger partial charge in [0.25, 0.3) is 0 Å². The first-order valence-corrected chi connectivity index (χ1v) is 7.82. The van der Waals surface area contributed by atoms with Gasteiger partial charge in [-0.15, -0.1) is 0 Å². The van der Waals surface area contributed by atoms with Gasteiger partial charge < -0.3 is 14.8 Å².